The lowest BCUT2D eigenvalue weighted by Gasteiger charge is -2.05. The maximum atomic E-state index is 11.7. The monoisotopic (exact) mass is 355 g/mol. The summed E-state index contributed by atoms with van der Waals surface area (Å²) in [4.78, 5) is 11.7. The quantitative estimate of drug-likeness (QED) is 0.775. The molecule has 0 radical (unpaired) electrons. The van der Waals surface area contributed by atoms with Crippen LogP contribution in [-0.4, -0.2) is 28.0 Å². The van der Waals surface area contributed by atoms with Gasteiger partial charge in [0.05, 0.1) is 13.0 Å². The smallest absolute Gasteiger partial charge is 0.229 e. The fraction of sp³-hybridized carbons (Fsp3) is 0.308. The summed E-state index contributed by atoms with van der Waals surface area (Å²) in [7, 11) is 0. The standard InChI is InChI=1S/C13H14BrN3O2S/c14-8-6-12-16-17-13(20-12)15-11(18)7-9-19-10-4-2-1-3-5-10/h1-5H,6-9H2,(H,15,17,18). The van der Waals surface area contributed by atoms with Crippen LogP contribution >= 0.6 is 27.3 Å². The fourth-order valence-electron chi connectivity index (χ4n) is 1.45. The first kappa shape index (κ1) is 14.9. The number of nitrogens with zero attached hydrogens (tertiary/aromatic N) is 2. The van der Waals surface area contributed by atoms with E-state index in [2.05, 4.69) is 31.4 Å². The van der Waals surface area contributed by atoms with Crippen molar-refractivity contribution in [1.29, 1.82) is 0 Å². The number of benzene rings is 1. The third-order valence-electron chi connectivity index (χ3n) is 2.36. The second kappa shape index (κ2) is 7.96. The van der Waals surface area contributed by atoms with Gasteiger partial charge in [0.1, 0.15) is 10.8 Å². The fourth-order valence-corrected chi connectivity index (χ4v) is 2.84. The zero-order chi connectivity index (χ0) is 14.2. The molecular weight excluding hydrogens is 342 g/mol. The molecule has 0 aliphatic heterocycles. The van der Waals surface area contributed by atoms with Crippen LogP contribution in [-0.2, 0) is 11.2 Å². The van der Waals surface area contributed by atoms with E-state index in [9.17, 15) is 4.79 Å². The molecular formula is C13H14BrN3O2S. The van der Waals surface area contributed by atoms with Crippen LogP contribution in [0.25, 0.3) is 0 Å². The summed E-state index contributed by atoms with van der Waals surface area (Å²) < 4.78 is 5.46. The van der Waals surface area contributed by atoms with Crippen LogP contribution in [0.2, 0.25) is 0 Å². The Morgan fingerprint density at radius 2 is 2.10 bits per heavy atom. The Kier molecular flexibility index (Phi) is 5.94. The summed E-state index contributed by atoms with van der Waals surface area (Å²) in [5.41, 5.74) is 0. The molecule has 7 heteroatoms. The van der Waals surface area contributed by atoms with E-state index in [1.54, 1.807) is 0 Å². The normalized spacial score (nSPS) is 10.2. The van der Waals surface area contributed by atoms with Crippen LogP contribution in [0.3, 0.4) is 0 Å². The molecule has 1 aromatic heterocycles. The van der Waals surface area contributed by atoms with Crippen LogP contribution in [0, 0.1) is 0 Å². The van der Waals surface area contributed by atoms with E-state index in [1.807, 2.05) is 30.3 Å². The third kappa shape index (κ3) is 4.90. The number of aromatic nitrogens is 2. The van der Waals surface area contributed by atoms with Gasteiger partial charge >= 0.3 is 0 Å². The first-order valence-electron chi connectivity index (χ1n) is 6.14. The molecule has 5 nitrogen and oxygen atoms in total. The molecule has 1 aromatic carbocycles. The molecule has 0 saturated heterocycles. The van der Waals surface area contributed by atoms with E-state index < -0.39 is 0 Å². The van der Waals surface area contributed by atoms with Gasteiger partial charge in [0, 0.05) is 11.8 Å². The minimum absolute atomic E-state index is 0.123. The van der Waals surface area contributed by atoms with Crippen LogP contribution < -0.4 is 10.1 Å². The lowest BCUT2D eigenvalue weighted by atomic mass is 10.3. The van der Waals surface area contributed by atoms with E-state index in [-0.39, 0.29) is 12.3 Å². The molecule has 106 valence electrons. The number of carbonyl (C=O) groups is 1. The maximum Gasteiger partial charge on any atom is 0.229 e. The Balaban J connectivity index is 1.72. The number of halogens is 1. The minimum atomic E-state index is -0.123. The summed E-state index contributed by atoms with van der Waals surface area (Å²) in [6, 6.07) is 9.41. The van der Waals surface area contributed by atoms with Crippen LogP contribution in [0.5, 0.6) is 5.75 Å². The van der Waals surface area contributed by atoms with Gasteiger partial charge in [-0.25, -0.2) is 0 Å². The number of ether oxygens (including phenoxy) is 1. The second-order valence-corrected chi connectivity index (χ2v) is 5.75. The van der Waals surface area contributed by atoms with Crippen molar-refractivity contribution in [3.05, 3.63) is 35.3 Å². The van der Waals surface area contributed by atoms with Gasteiger partial charge in [-0.3, -0.25) is 4.79 Å². The summed E-state index contributed by atoms with van der Waals surface area (Å²) in [5.74, 6) is 0.637. The van der Waals surface area contributed by atoms with Crippen LogP contribution in [0.4, 0.5) is 5.13 Å². The van der Waals surface area contributed by atoms with E-state index in [0.29, 0.717) is 11.7 Å². The molecule has 0 aliphatic carbocycles. The van der Waals surface area contributed by atoms with Gasteiger partial charge in [0.25, 0.3) is 0 Å². The van der Waals surface area contributed by atoms with Crippen molar-refractivity contribution in [3.8, 4) is 5.75 Å². The first-order chi connectivity index (χ1) is 9.78. The maximum absolute atomic E-state index is 11.7. The van der Waals surface area contributed by atoms with Crippen molar-refractivity contribution >= 4 is 38.3 Å². The second-order valence-electron chi connectivity index (χ2n) is 3.90. The molecule has 0 fully saturated rings. The highest BCUT2D eigenvalue weighted by Crippen LogP contribution is 2.16. The molecule has 0 spiro atoms. The molecule has 20 heavy (non-hydrogen) atoms. The number of nitrogens with one attached hydrogen (secondary N) is 1. The van der Waals surface area contributed by atoms with Crippen molar-refractivity contribution in [3.63, 3.8) is 0 Å². The van der Waals surface area contributed by atoms with E-state index >= 15 is 0 Å². The van der Waals surface area contributed by atoms with Gasteiger partial charge in [-0.2, -0.15) is 0 Å². The summed E-state index contributed by atoms with van der Waals surface area (Å²) in [6.45, 7) is 0.336. The average molecular weight is 356 g/mol. The van der Waals surface area contributed by atoms with E-state index in [0.717, 1.165) is 22.5 Å². The number of hydrogen-bond donors (Lipinski definition) is 1. The number of anilines is 1. The van der Waals surface area contributed by atoms with Crippen molar-refractivity contribution in [2.45, 2.75) is 12.8 Å². The SMILES string of the molecule is O=C(CCOc1ccccc1)Nc1nnc(CCBr)s1. The summed E-state index contributed by atoms with van der Waals surface area (Å²) in [5, 5.41) is 12.9. The zero-order valence-corrected chi connectivity index (χ0v) is 13.1. The Morgan fingerprint density at radius 3 is 2.85 bits per heavy atom. The number of carbonyl (C=O) groups excluding carboxylic acids is 1. The van der Waals surface area contributed by atoms with Crippen molar-refractivity contribution < 1.29 is 9.53 Å². The molecule has 2 aromatic rings. The van der Waals surface area contributed by atoms with Gasteiger partial charge in [-0.1, -0.05) is 45.5 Å². The number of para-hydroxylation sites is 1. The molecule has 1 heterocycles. The van der Waals surface area contributed by atoms with E-state index in [1.165, 1.54) is 11.3 Å². The molecule has 0 atom stereocenters. The summed E-state index contributed by atoms with van der Waals surface area (Å²) >= 11 is 4.73. The topological polar surface area (TPSA) is 64.1 Å². The Hall–Kier alpha value is -1.47. The summed E-state index contributed by atoms with van der Waals surface area (Å²) in [6.07, 6.45) is 1.09. The minimum Gasteiger partial charge on any atom is -0.493 e. The lowest BCUT2D eigenvalue weighted by molar-refractivity contribution is -0.116. The van der Waals surface area contributed by atoms with Crippen molar-refractivity contribution in [2.75, 3.05) is 17.3 Å². The Bertz CT molecular complexity index is 548. The number of aryl methyl sites for hydroxylation is 1. The van der Waals surface area contributed by atoms with E-state index in [4.69, 9.17) is 4.74 Å². The van der Waals surface area contributed by atoms with Gasteiger partial charge in [0.15, 0.2) is 0 Å². The average Bonchev–Trinajstić information content (AvgIpc) is 2.88. The highest BCUT2D eigenvalue weighted by atomic mass is 79.9. The van der Waals surface area contributed by atoms with Gasteiger partial charge < -0.3 is 10.1 Å². The third-order valence-corrected chi connectivity index (χ3v) is 3.66. The van der Waals surface area contributed by atoms with Gasteiger partial charge in [-0.15, -0.1) is 10.2 Å². The molecule has 2 rings (SSSR count). The van der Waals surface area contributed by atoms with Crippen molar-refractivity contribution in [2.24, 2.45) is 0 Å². The van der Waals surface area contributed by atoms with Crippen molar-refractivity contribution in [1.82, 2.24) is 10.2 Å². The predicted octanol–water partition coefficient (Wildman–Crippen LogP) is 2.88. The number of alkyl halides is 1. The van der Waals surface area contributed by atoms with Gasteiger partial charge in [0.2, 0.25) is 11.0 Å². The number of amides is 1. The highest BCUT2D eigenvalue weighted by Gasteiger charge is 2.08. The predicted molar refractivity (Wildman–Crippen MR) is 82.6 cm³/mol. The molecule has 0 unspecified atom stereocenters. The Morgan fingerprint density at radius 1 is 1.30 bits per heavy atom. The highest BCUT2D eigenvalue weighted by molar-refractivity contribution is 9.09. The number of hydrogen-bond acceptors (Lipinski definition) is 5. The molecule has 1 amide bonds. The number of rotatable bonds is 7. The molecule has 0 saturated carbocycles. The van der Waals surface area contributed by atoms with Crippen LogP contribution in [0.1, 0.15) is 11.4 Å². The molecule has 0 aliphatic rings. The zero-order valence-electron chi connectivity index (χ0n) is 10.7. The Labute approximate surface area is 129 Å². The lowest BCUT2D eigenvalue weighted by Crippen LogP contribution is -2.15. The van der Waals surface area contributed by atoms with Gasteiger partial charge in [-0.05, 0) is 12.1 Å². The molecule has 1 N–H and O–H groups in total. The molecule has 0 bridgehead atoms. The van der Waals surface area contributed by atoms with Crippen LogP contribution in [0.15, 0.2) is 30.3 Å². The largest absolute Gasteiger partial charge is 0.493 e. The first-order valence-corrected chi connectivity index (χ1v) is 8.08.